The molecule has 6 nitrogen and oxygen atoms in total. The maximum Gasteiger partial charge on any atom is 0.276 e. The number of benzene rings is 1. The van der Waals surface area contributed by atoms with Crippen molar-refractivity contribution >= 4 is 30.2 Å². The molecule has 2 aromatic rings. The summed E-state index contributed by atoms with van der Waals surface area (Å²) >= 11 is -1.38. The molecular formula is C21H33F2N3O3SSi. The van der Waals surface area contributed by atoms with Gasteiger partial charge >= 0.3 is 0 Å². The molecule has 0 bridgehead atoms. The van der Waals surface area contributed by atoms with Gasteiger partial charge in [-0.3, -0.25) is 4.79 Å². The smallest absolute Gasteiger partial charge is 0.276 e. The van der Waals surface area contributed by atoms with Crippen LogP contribution in [0.3, 0.4) is 0 Å². The Kier molecular flexibility index (Phi) is 8.08. The van der Waals surface area contributed by atoms with Gasteiger partial charge in [0.1, 0.15) is 11.5 Å². The average molecular weight is 474 g/mol. The molecule has 0 unspecified atom stereocenters. The highest BCUT2D eigenvalue weighted by molar-refractivity contribution is 7.90. The van der Waals surface area contributed by atoms with Crippen molar-refractivity contribution in [2.24, 2.45) is 0 Å². The molecule has 0 fully saturated rings. The van der Waals surface area contributed by atoms with E-state index in [1.165, 1.54) is 0 Å². The fourth-order valence-electron chi connectivity index (χ4n) is 2.98. The Morgan fingerprint density at radius 2 is 1.77 bits per heavy atom. The van der Waals surface area contributed by atoms with Crippen LogP contribution in [-0.2, 0) is 22.8 Å². The van der Waals surface area contributed by atoms with Crippen molar-refractivity contribution in [3.63, 3.8) is 0 Å². The number of hydrogen-bond acceptors (Lipinski definition) is 5. The summed E-state index contributed by atoms with van der Waals surface area (Å²) in [6.45, 7) is 14.4. The van der Waals surface area contributed by atoms with Crippen LogP contribution in [0.2, 0.25) is 25.7 Å². The molecule has 2 atom stereocenters. The van der Waals surface area contributed by atoms with Crippen molar-refractivity contribution in [3.05, 3.63) is 39.8 Å². The van der Waals surface area contributed by atoms with Gasteiger partial charge in [-0.2, -0.15) is 5.10 Å². The van der Waals surface area contributed by atoms with Crippen LogP contribution in [0.15, 0.2) is 16.9 Å². The summed E-state index contributed by atoms with van der Waals surface area (Å²) in [5.74, 6) is -2.17. The molecule has 10 heteroatoms. The minimum absolute atomic E-state index is 0.0134. The first-order valence-corrected chi connectivity index (χ1v) is 15.1. The largest absolute Gasteiger partial charge is 0.597 e. The molecule has 0 amide bonds. The summed E-state index contributed by atoms with van der Waals surface area (Å²) in [6.07, 6.45) is 0. The van der Waals surface area contributed by atoms with Gasteiger partial charge in [-0.25, -0.2) is 13.5 Å². The maximum atomic E-state index is 14.0. The van der Waals surface area contributed by atoms with Crippen LogP contribution in [0.25, 0.3) is 10.8 Å². The van der Waals surface area contributed by atoms with Gasteiger partial charge in [-0.15, -0.1) is 4.31 Å². The van der Waals surface area contributed by atoms with Crippen molar-refractivity contribution in [1.82, 2.24) is 14.1 Å². The molecule has 0 radical (unpaired) electrons. The number of rotatable bonds is 8. The summed E-state index contributed by atoms with van der Waals surface area (Å²) in [4.78, 5) is 12.9. The van der Waals surface area contributed by atoms with E-state index in [1.54, 1.807) is 18.3 Å². The van der Waals surface area contributed by atoms with E-state index < -0.39 is 47.4 Å². The summed E-state index contributed by atoms with van der Waals surface area (Å²) in [5, 5.41) is 4.63. The molecular weight excluding hydrogens is 440 g/mol. The number of halogens is 2. The zero-order chi connectivity index (χ0) is 23.7. The van der Waals surface area contributed by atoms with Crippen molar-refractivity contribution in [3.8, 4) is 0 Å². The standard InChI is InChI=1S/C21H33F2N3O3SSi/c1-14(25(5)30(28)21(2,3)4)19-15-11-17(22)18(23)12-16(15)20(27)26(24-19)13-29-9-10-31(6,7)8/h11-12,14H,9-10,13H2,1-8H3/t14-,30+/m1/s1. The lowest BCUT2D eigenvalue weighted by atomic mass is 10.1. The van der Waals surface area contributed by atoms with Crippen molar-refractivity contribution in [1.29, 1.82) is 0 Å². The summed E-state index contributed by atoms with van der Waals surface area (Å²) in [6, 6.07) is 2.27. The molecule has 0 N–H and O–H groups in total. The molecule has 0 spiro atoms. The zero-order valence-corrected chi connectivity index (χ0v) is 21.4. The van der Waals surface area contributed by atoms with E-state index in [0.29, 0.717) is 12.3 Å². The highest BCUT2D eigenvalue weighted by atomic mass is 32.2. The van der Waals surface area contributed by atoms with E-state index in [2.05, 4.69) is 24.7 Å². The Morgan fingerprint density at radius 1 is 1.23 bits per heavy atom. The highest BCUT2D eigenvalue weighted by Gasteiger charge is 2.35. The van der Waals surface area contributed by atoms with E-state index in [-0.39, 0.29) is 17.5 Å². The number of fused-ring (bicyclic) bond motifs is 1. The Morgan fingerprint density at radius 3 is 2.29 bits per heavy atom. The van der Waals surface area contributed by atoms with Crippen molar-refractivity contribution < 1.29 is 18.1 Å². The van der Waals surface area contributed by atoms with Crippen LogP contribution in [0.1, 0.15) is 39.4 Å². The molecule has 0 aliphatic rings. The second-order valence-electron chi connectivity index (χ2n) is 9.93. The van der Waals surface area contributed by atoms with Crippen LogP contribution in [0.4, 0.5) is 8.78 Å². The molecule has 0 saturated carbocycles. The van der Waals surface area contributed by atoms with Crippen LogP contribution in [0, 0.1) is 11.6 Å². The zero-order valence-electron chi connectivity index (χ0n) is 19.6. The van der Waals surface area contributed by atoms with Crippen molar-refractivity contribution in [2.45, 2.75) is 70.9 Å². The molecule has 2 rings (SSSR count). The monoisotopic (exact) mass is 473 g/mol. The third-order valence-corrected chi connectivity index (χ3v) is 8.56. The Balaban J connectivity index is 2.51. The van der Waals surface area contributed by atoms with Gasteiger partial charge in [0.15, 0.2) is 11.6 Å². The number of hydrogen-bond donors (Lipinski definition) is 0. The van der Waals surface area contributed by atoms with Crippen LogP contribution in [0.5, 0.6) is 0 Å². The first-order valence-electron chi connectivity index (χ1n) is 10.3. The van der Waals surface area contributed by atoms with Gasteiger partial charge in [-0.1, -0.05) is 19.6 Å². The normalized spacial score (nSPS) is 15.0. The van der Waals surface area contributed by atoms with Gasteiger partial charge in [-0.05, 0) is 45.9 Å². The third-order valence-electron chi connectivity index (χ3n) is 4.97. The van der Waals surface area contributed by atoms with Gasteiger partial charge in [0, 0.05) is 38.5 Å². The second-order valence-corrected chi connectivity index (χ2v) is 17.9. The molecule has 31 heavy (non-hydrogen) atoms. The first kappa shape index (κ1) is 25.9. The lowest BCUT2D eigenvalue weighted by molar-refractivity contribution is 0.0746. The van der Waals surface area contributed by atoms with E-state index >= 15 is 0 Å². The SMILES string of the molecule is C[C@H](c1nn(COCC[Si](C)(C)C)c(=O)c2cc(F)c(F)cc12)N(C)[S@@+]([O-])C(C)(C)C. The minimum Gasteiger partial charge on any atom is -0.597 e. The van der Waals surface area contributed by atoms with E-state index in [1.807, 2.05) is 20.8 Å². The van der Waals surface area contributed by atoms with Gasteiger partial charge in [0.05, 0.1) is 17.1 Å². The van der Waals surface area contributed by atoms with Crippen molar-refractivity contribution in [2.75, 3.05) is 13.7 Å². The Labute approximate surface area is 186 Å². The first-order chi connectivity index (χ1) is 14.1. The molecule has 1 aromatic heterocycles. The molecule has 0 aliphatic carbocycles. The number of aromatic nitrogens is 2. The Bertz CT molecular complexity index is 989. The molecule has 0 saturated heterocycles. The third kappa shape index (κ3) is 6.35. The lowest BCUT2D eigenvalue weighted by Gasteiger charge is -2.33. The molecule has 174 valence electrons. The van der Waals surface area contributed by atoms with E-state index in [0.717, 1.165) is 22.9 Å². The highest BCUT2D eigenvalue weighted by Crippen LogP contribution is 2.30. The Hall–Kier alpha value is -1.33. The predicted octanol–water partition coefficient (Wildman–Crippen LogP) is 4.44. The van der Waals surface area contributed by atoms with Gasteiger partial charge in [0.25, 0.3) is 5.56 Å². The van der Waals surface area contributed by atoms with Crippen LogP contribution in [-0.4, -0.2) is 45.1 Å². The van der Waals surface area contributed by atoms with Crippen LogP contribution < -0.4 is 5.56 Å². The fraction of sp³-hybridized carbons (Fsp3) is 0.619. The minimum atomic E-state index is -1.38. The quantitative estimate of drug-likeness (QED) is 0.322. The second kappa shape index (κ2) is 9.66. The van der Waals surface area contributed by atoms with Crippen LogP contribution >= 0.6 is 0 Å². The summed E-state index contributed by atoms with van der Waals surface area (Å²) in [5.41, 5.74) is -0.222. The topological polar surface area (TPSA) is 70.4 Å². The van der Waals surface area contributed by atoms with Gasteiger partial charge in [0.2, 0.25) is 0 Å². The molecule has 1 aromatic carbocycles. The molecule has 1 heterocycles. The summed E-state index contributed by atoms with van der Waals surface area (Å²) < 4.78 is 48.7. The van der Waals surface area contributed by atoms with E-state index in [9.17, 15) is 18.1 Å². The maximum absolute atomic E-state index is 14.0. The number of nitrogens with zero attached hydrogens (tertiary/aromatic N) is 3. The van der Waals surface area contributed by atoms with E-state index in [4.69, 9.17) is 4.74 Å². The molecule has 0 aliphatic heterocycles. The number of ether oxygens (including phenoxy) is 1. The predicted molar refractivity (Wildman–Crippen MR) is 124 cm³/mol. The lowest BCUT2D eigenvalue weighted by Crippen LogP contribution is -2.42. The fourth-order valence-corrected chi connectivity index (χ4v) is 4.99. The average Bonchev–Trinajstić information content (AvgIpc) is 2.65. The summed E-state index contributed by atoms with van der Waals surface area (Å²) in [7, 11) is 0.375. The van der Waals surface area contributed by atoms with Gasteiger partial charge < -0.3 is 9.29 Å².